The maximum Gasteiger partial charge on any atom is 0.227 e. The zero-order valence-electron chi connectivity index (χ0n) is 9.65. The van der Waals surface area contributed by atoms with Crippen LogP contribution in [0.5, 0.6) is 0 Å². The van der Waals surface area contributed by atoms with Gasteiger partial charge in [-0.25, -0.2) is 4.98 Å². The number of pyridine rings is 1. The molecule has 4 aromatic rings. The van der Waals surface area contributed by atoms with Gasteiger partial charge in [0.2, 0.25) is 5.71 Å². The summed E-state index contributed by atoms with van der Waals surface area (Å²) in [6, 6.07) is 13.8. The molecule has 0 aliphatic heterocycles. The second-order valence-electron chi connectivity index (χ2n) is 4.40. The Morgan fingerprint density at radius 1 is 1.05 bits per heavy atom. The van der Waals surface area contributed by atoms with Crippen molar-refractivity contribution in [3.05, 3.63) is 52.0 Å². The number of furan rings is 1. The van der Waals surface area contributed by atoms with Crippen LogP contribution in [0.25, 0.3) is 33.0 Å². The van der Waals surface area contributed by atoms with Crippen LogP contribution in [-0.4, -0.2) is 4.98 Å². The number of para-hydroxylation sites is 1. The van der Waals surface area contributed by atoms with Crippen molar-refractivity contribution in [3.63, 3.8) is 0 Å². The molecule has 2 aromatic heterocycles. The normalized spacial score (nSPS) is 11.7. The molecule has 2 heterocycles. The highest BCUT2D eigenvalue weighted by molar-refractivity contribution is 9.10. The Labute approximate surface area is 122 Å². The van der Waals surface area contributed by atoms with Gasteiger partial charge in [-0.15, -0.1) is 0 Å². The Kier molecular flexibility index (Phi) is 2.34. The molecule has 0 saturated carbocycles. The van der Waals surface area contributed by atoms with E-state index in [9.17, 15) is 0 Å². The molecule has 0 amide bonds. The maximum atomic E-state index is 6.11. The van der Waals surface area contributed by atoms with E-state index in [1.54, 1.807) is 0 Å². The van der Waals surface area contributed by atoms with E-state index < -0.39 is 0 Å². The number of fused-ring (bicyclic) bond motifs is 4. The topological polar surface area (TPSA) is 26.0 Å². The van der Waals surface area contributed by atoms with Crippen molar-refractivity contribution in [3.8, 4) is 0 Å². The number of halogens is 2. The molecular weight excluding hydrogens is 326 g/mol. The molecule has 0 bridgehead atoms. The van der Waals surface area contributed by atoms with Gasteiger partial charge < -0.3 is 4.42 Å². The van der Waals surface area contributed by atoms with Crippen molar-refractivity contribution in [1.29, 1.82) is 0 Å². The van der Waals surface area contributed by atoms with Crippen LogP contribution in [0, 0.1) is 0 Å². The Bertz CT molecular complexity index is 945. The summed E-state index contributed by atoms with van der Waals surface area (Å²) < 4.78 is 6.67. The van der Waals surface area contributed by atoms with Gasteiger partial charge in [0.25, 0.3) is 0 Å². The largest absolute Gasteiger partial charge is 0.436 e. The first kappa shape index (κ1) is 11.3. The SMILES string of the molecule is Clc1cc(Br)c2oc3nc4ccccc4cc3c2c1. The molecular formula is C15H7BrClNO. The highest BCUT2D eigenvalue weighted by Gasteiger charge is 2.12. The van der Waals surface area contributed by atoms with Gasteiger partial charge in [-0.2, -0.15) is 0 Å². The van der Waals surface area contributed by atoms with Gasteiger partial charge in [-0.3, -0.25) is 0 Å². The second-order valence-corrected chi connectivity index (χ2v) is 5.69. The number of hydrogen-bond donors (Lipinski definition) is 0. The minimum absolute atomic E-state index is 0.636. The molecule has 0 N–H and O–H groups in total. The van der Waals surface area contributed by atoms with Crippen LogP contribution in [0.4, 0.5) is 0 Å². The standard InChI is InChI=1S/C15H7BrClNO/c16-12-7-9(17)6-10-11-5-8-3-1-2-4-13(8)18-15(11)19-14(10)12/h1-7H. The van der Waals surface area contributed by atoms with Crippen LogP contribution in [0.2, 0.25) is 5.02 Å². The van der Waals surface area contributed by atoms with Crippen LogP contribution < -0.4 is 0 Å². The molecule has 0 unspecified atom stereocenters. The fourth-order valence-electron chi connectivity index (χ4n) is 2.33. The van der Waals surface area contributed by atoms with Gasteiger partial charge in [-0.1, -0.05) is 29.8 Å². The number of rotatable bonds is 0. The highest BCUT2D eigenvalue weighted by Crippen LogP contribution is 2.36. The molecule has 0 aliphatic carbocycles. The molecule has 92 valence electrons. The lowest BCUT2D eigenvalue weighted by molar-refractivity contribution is 0.654. The summed E-state index contributed by atoms with van der Waals surface area (Å²) in [6.07, 6.45) is 0. The van der Waals surface area contributed by atoms with Crippen LogP contribution in [0.3, 0.4) is 0 Å². The third kappa shape index (κ3) is 1.66. The molecule has 0 radical (unpaired) electrons. The molecule has 4 heteroatoms. The molecule has 0 saturated heterocycles. The highest BCUT2D eigenvalue weighted by atomic mass is 79.9. The Balaban J connectivity index is 2.26. The fraction of sp³-hybridized carbons (Fsp3) is 0. The van der Waals surface area contributed by atoms with Crippen LogP contribution in [-0.2, 0) is 0 Å². The molecule has 0 spiro atoms. The summed E-state index contributed by atoms with van der Waals surface area (Å²) in [7, 11) is 0. The quantitative estimate of drug-likeness (QED) is 0.422. The minimum Gasteiger partial charge on any atom is -0.436 e. The monoisotopic (exact) mass is 331 g/mol. The van der Waals surface area contributed by atoms with Crippen molar-refractivity contribution in [1.82, 2.24) is 4.98 Å². The zero-order chi connectivity index (χ0) is 13.0. The molecule has 19 heavy (non-hydrogen) atoms. The van der Waals surface area contributed by atoms with E-state index in [-0.39, 0.29) is 0 Å². The van der Waals surface area contributed by atoms with Crippen molar-refractivity contribution >= 4 is 60.5 Å². The molecule has 0 atom stereocenters. The van der Waals surface area contributed by atoms with Crippen molar-refractivity contribution in [2.45, 2.75) is 0 Å². The van der Waals surface area contributed by atoms with Gasteiger partial charge in [0.05, 0.1) is 9.99 Å². The van der Waals surface area contributed by atoms with Gasteiger partial charge in [0.15, 0.2) is 5.58 Å². The first-order chi connectivity index (χ1) is 9.22. The fourth-order valence-corrected chi connectivity index (χ4v) is 3.22. The summed E-state index contributed by atoms with van der Waals surface area (Å²) in [5.74, 6) is 0. The van der Waals surface area contributed by atoms with Crippen molar-refractivity contribution in [2.24, 2.45) is 0 Å². The molecule has 4 rings (SSSR count). The Morgan fingerprint density at radius 3 is 2.79 bits per heavy atom. The number of benzene rings is 2. The Morgan fingerprint density at radius 2 is 1.89 bits per heavy atom. The predicted molar refractivity (Wildman–Crippen MR) is 81.7 cm³/mol. The zero-order valence-corrected chi connectivity index (χ0v) is 12.0. The summed E-state index contributed by atoms with van der Waals surface area (Å²) in [4.78, 5) is 4.56. The number of hydrogen-bond acceptors (Lipinski definition) is 2. The Hall–Kier alpha value is -1.58. The summed E-state index contributed by atoms with van der Waals surface area (Å²) >= 11 is 9.58. The van der Waals surface area contributed by atoms with Gasteiger partial charge in [0.1, 0.15) is 0 Å². The average Bonchev–Trinajstić information content (AvgIpc) is 2.74. The van der Waals surface area contributed by atoms with Crippen molar-refractivity contribution in [2.75, 3.05) is 0 Å². The van der Waals surface area contributed by atoms with Crippen molar-refractivity contribution < 1.29 is 4.42 Å². The lowest BCUT2D eigenvalue weighted by Crippen LogP contribution is -1.78. The van der Waals surface area contributed by atoms with E-state index >= 15 is 0 Å². The van der Waals surface area contributed by atoms with Crippen LogP contribution in [0.1, 0.15) is 0 Å². The first-order valence-corrected chi connectivity index (χ1v) is 6.96. The van der Waals surface area contributed by atoms with E-state index in [0.717, 1.165) is 31.7 Å². The third-order valence-corrected chi connectivity index (χ3v) is 3.99. The van der Waals surface area contributed by atoms with Gasteiger partial charge >= 0.3 is 0 Å². The number of aromatic nitrogens is 1. The summed E-state index contributed by atoms with van der Waals surface area (Å²) in [5, 5.41) is 3.73. The molecule has 0 fully saturated rings. The average molecular weight is 333 g/mol. The van der Waals surface area contributed by atoms with E-state index in [1.165, 1.54) is 0 Å². The predicted octanol–water partition coefficient (Wildman–Crippen LogP) is 5.55. The van der Waals surface area contributed by atoms with E-state index in [0.29, 0.717) is 10.7 Å². The van der Waals surface area contributed by atoms with Gasteiger partial charge in [0, 0.05) is 21.2 Å². The second kappa shape index (κ2) is 3.95. The number of nitrogens with zero attached hydrogens (tertiary/aromatic N) is 1. The van der Waals surface area contributed by atoms with E-state index in [1.807, 2.05) is 36.4 Å². The maximum absolute atomic E-state index is 6.11. The van der Waals surface area contributed by atoms with Crippen LogP contribution in [0.15, 0.2) is 51.4 Å². The lowest BCUT2D eigenvalue weighted by Gasteiger charge is -1.96. The third-order valence-electron chi connectivity index (χ3n) is 3.19. The lowest BCUT2D eigenvalue weighted by atomic mass is 10.1. The molecule has 2 nitrogen and oxygen atoms in total. The van der Waals surface area contributed by atoms with Gasteiger partial charge in [-0.05, 0) is 40.2 Å². The minimum atomic E-state index is 0.636. The van der Waals surface area contributed by atoms with E-state index in [4.69, 9.17) is 16.0 Å². The van der Waals surface area contributed by atoms with E-state index in [2.05, 4.69) is 27.0 Å². The smallest absolute Gasteiger partial charge is 0.227 e. The first-order valence-electron chi connectivity index (χ1n) is 5.79. The van der Waals surface area contributed by atoms with Crippen LogP contribution >= 0.6 is 27.5 Å². The molecule has 2 aromatic carbocycles. The summed E-state index contributed by atoms with van der Waals surface area (Å²) in [5.41, 5.74) is 2.34. The molecule has 0 aliphatic rings. The summed E-state index contributed by atoms with van der Waals surface area (Å²) in [6.45, 7) is 0.